The van der Waals surface area contributed by atoms with Crippen LogP contribution in [0.15, 0.2) is 27.6 Å². The van der Waals surface area contributed by atoms with Crippen LogP contribution in [0.5, 0.6) is 0 Å². The van der Waals surface area contributed by atoms with E-state index in [1.807, 2.05) is 0 Å². The molecular weight excluding hydrogens is 368 g/mol. The van der Waals surface area contributed by atoms with Crippen LogP contribution < -0.4 is 4.72 Å². The van der Waals surface area contributed by atoms with Crippen molar-refractivity contribution in [1.29, 1.82) is 0 Å². The van der Waals surface area contributed by atoms with Gasteiger partial charge in [0.25, 0.3) is 5.69 Å². The fourth-order valence-corrected chi connectivity index (χ4v) is 5.07. The van der Waals surface area contributed by atoms with Gasteiger partial charge in [0.05, 0.1) is 4.92 Å². The van der Waals surface area contributed by atoms with Crippen molar-refractivity contribution >= 4 is 43.4 Å². The minimum Gasteiger partial charge on any atom is -0.258 e. The summed E-state index contributed by atoms with van der Waals surface area (Å²) in [5.41, 5.74) is -0.411. The quantitative estimate of drug-likeness (QED) is 0.640. The first-order valence-electron chi connectivity index (χ1n) is 5.94. The van der Waals surface area contributed by atoms with Crippen LogP contribution in [0.3, 0.4) is 0 Å². The predicted molar refractivity (Wildman–Crippen MR) is 81.5 cm³/mol. The van der Waals surface area contributed by atoms with Crippen molar-refractivity contribution < 1.29 is 13.3 Å². The third-order valence-electron chi connectivity index (χ3n) is 2.95. The lowest BCUT2D eigenvalue weighted by Crippen LogP contribution is -2.37. The zero-order valence-corrected chi connectivity index (χ0v) is 13.6. The van der Waals surface area contributed by atoms with Gasteiger partial charge >= 0.3 is 0 Å². The van der Waals surface area contributed by atoms with Crippen LogP contribution in [0, 0.1) is 10.1 Å². The van der Waals surface area contributed by atoms with Gasteiger partial charge in [-0.05, 0) is 36.5 Å². The molecular formula is C11H13BrN2O4S2. The molecule has 1 saturated heterocycles. The maximum Gasteiger partial charge on any atom is 0.289 e. The Hall–Kier alpha value is -0.640. The van der Waals surface area contributed by atoms with E-state index in [9.17, 15) is 18.5 Å². The molecule has 2 rings (SSSR count). The zero-order valence-electron chi connectivity index (χ0n) is 10.4. The summed E-state index contributed by atoms with van der Waals surface area (Å²) in [6, 6.07) is 3.75. The second-order valence-electron chi connectivity index (χ2n) is 4.38. The predicted octanol–water partition coefficient (Wildman–Crippen LogP) is 2.53. The maximum absolute atomic E-state index is 12.3. The molecule has 0 radical (unpaired) electrons. The Kier molecular flexibility index (Phi) is 5.05. The van der Waals surface area contributed by atoms with Crippen molar-refractivity contribution in [3.8, 4) is 0 Å². The van der Waals surface area contributed by atoms with E-state index < -0.39 is 20.6 Å². The van der Waals surface area contributed by atoms with Crippen molar-refractivity contribution in [2.45, 2.75) is 23.8 Å². The van der Waals surface area contributed by atoms with Crippen LogP contribution in [0.2, 0.25) is 0 Å². The Morgan fingerprint density at radius 1 is 1.35 bits per heavy atom. The summed E-state index contributed by atoms with van der Waals surface area (Å²) < 4.78 is 27.7. The topological polar surface area (TPSA) is 89.3 Å². The van der Waals surface area contributed by atoms with Crippen LogP contribution in [-0.2, 0) is 10.0 Å². The van der Waals surface area contributed by atoms with E-state index in [4.69, 9.17) is 0 Å². The van der Waals surface area contributed by atoms with E-state index in [1.54, 1.807) is 11.8 Å². The van der Waals surface area contributed by atoms with Gasteiger partial charge in [0, 0.05) is 16.6 Å². The Morgan fingerprint density at radius 3 is 2.60 bits per heavy atom. The Labute approximate surface area is 129 Å². The van der Waals surface area contributed by atoms with Gasteiger partial charge in [-0.2, -0.15) is 11.8 Å². The first-order valence-corrected chi connectivity index (χ1v) is 9.37. The molecule has 9 heteroatoms. The smallest absolute Gasteiger partial charge is 0.258 e. The van der Waals surface area contributed by atoms with E-state index in [1.165, 1.54) is 18.2 Å². The van der Waals surface area contributed by atoms with Crippen LogP contribution in [0.1, 0.15) is 12.8 Å². The molecule has 1 N–H and O–H groups in total. The van der Waals surface area contributed by atoms with Crippen LogP contribution in [0.25, 0.3) is 0 Å². The first kappa shape index (κ1) is 15.7. The Balaban J connectivity index is 2.32. The first-order chi connectivity index (χ1) is 9.40. The highest BCUT2D eigenvalue weighted by Crippen LogP contribution is 2.28. The van der Waals surface area contributed by atoms with Gasteiger partial charge in [0.1, 0.15) is 0 Å². The second kappa shape index (κ2) is 6.42. The summed E-state index contributed by atoms with van der Waals surface area (Å²) in [4.78, 5) is 9.99. The molecule has 0 spiro atoms. The van der Waals surface area contributed by atoms with Crippen LogP contribution in [0.4, 0.5) is 5.69 Å². The average Bonchev–Trinajstić information content (AvgIpc) is 2.39. The number of nitrogens with zero attached hydrogens (tertiary/aromatic N) is 1. The van der Waals surface area contributed by atoms with E-state index in [2.05, 4.69) is 20.7 Å². The SMILES string of the molecule is O=[N+]([O-])c1ccc(Br)cc1S(=O)(=O)NC1CCSCC1. The van der Waals surface area contributed by atoms with Gasteiger partial charge in [0.15, 0.2) is 4.90 Å². The molecule has 1 fully saturated rings. The number of nitro groups is 1. The lowest BCUT2D eigenvalue weighted by molar-refractivity contribution is -0.387. The molecule has 6 nitrogen and oxygen atoms in total. The third kappa shape index (κ3) is 3.72. The number of hydrogen-bond acceptors (Lipinski definition) is 5. The molecule has 1 aliphatic rings. The summed E-state index contributed by atoms with van der Waals surface area (Å²) in [5, 5.41) is 11.0. The minimum absolute atomic E-state index is 0.153. The number of hydrogen-bond donors (Lipinski definition) is 1. The monoisotopic (exact) mass is 380 g/mol. The summed E-state index contributed by atoms with van der Waals surface area (Å²) in [6.07, 6.45) is 1.48. The van der Waals surface area contributed by atoms with Gasteiger partial charge in [-0.1, -0.05) is 15.9 Å². The summed E-state index contributed by atoms with van der Waals surface area (Å²) in [5.74, 6) is 1.79. The standard InChI is InChI=1S/C11H13BrN2O4S2/c12-8-1-2-10(14(15)16)11(7-8)20(17,18)13-9-3-5-19-6-4-9/h1-2,7,9,13H,3-6H2. The number of sulfonamides is 1. The molecule has 110 valence electrons. The molecule has 0 aromatic heterocycles. The van der Waals surface area contributed by atoms with Gasteiger partial charge in [-0.25, -0.2) is 13.1 Å². The van der Waals surface area contributed by atoms with E-state index >= 15 is 0 Å². The molecule has 0 aliphatic carbocycles. The molecule has 0 atom stereocenters. The van der Waals surface area contributed by atoms with E-state index in [0.29, 0.717) is 4.47 Å². The second-order valence-corrected chi connectivity index (χ2v) is 8.20. The molecule has 1 aromatic rings. The molecule has 0 bridgehead atoms. The summed E-state index contributed by atoms with van der Waals surface area (Å²) in [6.45, 7) is 0. The van der Waals surface area contributed by atoms with Gasteiger partial charge in [0.2, 0.25) is 10.0 Å². The largest absolute Gasteiger partial charge is 0.289 e. The van der Waals surface area contributed by atoms with Crippen molar-refractivity contribution in [1.82, 2.24) is 4.72 Å². The van der Waals surface area contributed by atoms with Crippen molar-refractivity contribution in [3.05, 3.63) is 32.8 Å². The van der Waals surface area contributed by atoms with Gasteiger partial charge in [-0.15, -0.1) is 0 Å². The zero-order chi connectivity index (χ0) is 14.8. The highest BCUT2D eigenvalue weighted by Gasteiger charge is 2.29. The van der Waals surface area contributed by atoms with Gasteiger partial charge < -0.3 is 0 Å². The average molecular weight is 381 g/mol. The van der Waals surface area contributed by atoms with Gasteiger partial charge in [-0.3, -0.25) is 10.1 Å². The van der Waals surface area contributed by atoms with Crippen LogP contribution >= 0.6 is 27.7 Å². The number of nitrogens with one attached hydrogen (secondary N) is 1. The Morgan fingerprint density at radius 2 is 2.00 bits per heavy atom. The fraction of sp³-hybridized carbons (Fsp3) is 0.455. The lowest BCUT2D eigenvalue weighted by Gasteiger charge is -2.22. The highest BCUT2D eigenvalue weighted by atomic mass is 79.9. The normalized spacial score (nSPS) is 17.1. The van der Waals surface area contributed by atoms with E-state index in [-0.39, 0.29) is 10.9 Å². The number of thioether (sulfide) groups is 1. The number of rotatable bonds is 4. The molecule has 1 heterocycles. The molecule has 0 unspecified atom stereocenters. The van der Waals surface area contributed by atoms with E-state index in [0.717, 1.165) is 24.3 Å². The molecule has 20 heavy (non-hydrogen) atoms. The van der Waals surface area contributed by atoms with Crippen molar-refractivity contribution in [2.75, 3.05) is 11.5 Å². The fourth-order valence-electron chi connectivity index (χ4n) is 1.95. The maximum atomic E-state index is 12.3. The molecule has 1 aliphatic heterocycles. The Bertz CT molecular complexity index is 615. The van der Waals surface area contributed by atoms with Crippen molar-refractivity contribution in [3.63, 3.8) is 0 Å². The number of nitro benzene ring substituents is 1. The van der Waals surface area contributed by atoms with Crippen molar-refractivity contribution in [2.24, 2.45) is 0 Å². The number of halogens is 1. The van der Waals surface area contributed by atoms with Crippen LogP contribution in [-0.4, -0.2) is 30.9 Å². The minimum atomic E-state index is -3.89. The lowest BCUT2D eigenvalue weighted by atomic mass is 10.2. The molecule has 0 amide bonds. The summed E-state index contributed by atoms with van der Waals surface area (Å²) in [7, 11) is -3.89. The molecule has 1 aromatic carbocycles. The highest BCUT2D eigenvalue weighted by molar-refractivity contribution is 9.10. The number of benzene rings is 1. The molecule has 0 saturated carbocycles. The third-order valence-corrected chi connectivity index (χ3v) is 6.04. The summed E-state index contributed by atoms with van der Waals surface area (Å²) >= 11 is 4.93.